The van der Waals surface area contributed by atoms with E-state index in [0.29, 0.717) is 11.6 Å². The van der Waals surface area contributed by atoms with E-state index in [1.54, 1.807) is 12.3 Å². The highest BCUT2D eigenvalue weighted by molar-refractivity contribution is 5.93. The number of piperidine rings is 1. The molecule has 1 aliphatic rings. The highest BCUT2D eigenvalue weighted by atomic mass is 16.3. The fourth-order valence-electron chi connectivity index (χ4n) is 2.51. The normalized spacial score (nSPS) is 16.5. The van der Waals surface area contributed by atoms with Crippen molar-refractivity contribution in [3.8, 4) is 0 Å². The van der Waals surface area contributed by atoms with Gasteiger partial charge in [-0.1, -0.05) is 0 Å². The van der Waals surface area contributed by atoms with Gasteiger partial charge in [0.1, 0.15) is 12.0 Å². The number of likely N-dealkylation sites (tertiary alicyclic amines) is 1. The molecule has 3 rings (SSSR count). The standard InChI is InChI=1S/C15H18N2O3/c18-15(12-5-9-19-11-12)17-6-3-13(4-7-17)16-10-14-2-1-8-20-14/h1-2,5,8-9,11,13,16H,3-4,6-7,10H2. The molecule has 3 heterocycles. The van der Waals surface area contributed by atoms with Crippen LogP contribution in [0.5, 0.6) is 0 Å². The lowest BCUT2D eigenvalue weighted by Crippen LogP contribution is -2.44. The van der Waals surface area contributed by atoms with Crippen molar-refractivity contribution in [2.24, 2.45) is 0 Å². The highest BCUT2D eigenvalue weighted by Gasteiger charge is 2.23. The molecule has 1 N–H and O–H groups in total. The molecule has 5 nitrogen and oxygen atoms in total. The Hall–Kier alpha value is -2.01. The molecule has 0 spiro atoms. The van der Waals surface area contributed by atoms with Crippen LogP contribution in [-0.4, -0.2) is 29.9 Å². The second-order valence-electron chi connectivity index (χ2n) is 5.04. The van der Waals surface area contributed by atoms with Crippen molar-refractivity contribution in [1.82, 2.24) is 10.2 Å². The summed E-state index contributed by atoms with van der Waals surface area (Å²) in [6, 6.07) is 6.01. The predicted octanol–water partition coefficient (Wildman–Crippen LogP) is 2.27. The van der Waals surface area contributed by atoms with Gasteiger partial charge in [0.25, 0.3) is 5.91 Å². The van der Waals surface area contributed by atoms with Gasteiger partial charge in [0.15, 0.2) is 0 Å². The average Bonchev–Trinajstić information content (AvgIpc) is 3.18. The van der Waals surface area contributed by atoms with E-state index in [1.165, 1.54) is 12.5 Å². The molecule has 5 heteroatoms. The van der Waals surface area contributed by atoms with Gasteiger partial charge in [-0.05, 0) is 31.0 Å². The summed E-state index contributed by atoms with van der Waals surface area (Å²) < 4.78 is 10.3. The summed E-state index contributed by atoms with van der Waals surface area (Å²) in [7, 11) is 0. The van der Waals surface area contributed by atoms with Crippen molar-refractivity contribution >= 4 is 5.91 Å². The van der Waals surface area contributed by atoms with Gasteiger partial charge >= 0.3 is 0 Å². The van der Waals surface area contributed by atoms with Crippen LogP contribution in [-0.2, 0) is 6.54 Å². The molecule has 2 aromatic rings. The van der Waals surface area contributed by atoms with Crippen molar-refractivity contribution in [3.05, 3.63) is 48.3 Å². The largest absolute Gasteiger partial charge is 0.472 e. The maximum Gasteiger partial charge on any atom is 0.257 e. The van der Waals surface area contributed by atoms with Gasteiger partial charge < -0.3 is 19.1 Å². The lowest BCUT2D eigenvalue weighted by Gasteiger charge is -2.32. The van der Waals surface area contributed by atoms with E-state index in [9.17, 15) is 4.79 Å². The van der Waals surface area contributed by atoms with E-state index in [4.69, 9.17) is 8.83 Å². The summed E-state index contributed by atoms with van der Waals surface area (Å²) in [6.07, 6.45) is 6.65. The lowest BCUT2D eigenvalue weighted by atomic mass is 10.0. The minimum Gasteiger partial charge on any atom is -0.472 e. The summed E-state index contributed by atoms with van der Waals surface area (Å²) in [5, 5.41) is 3.47. The van der Waals surface area contributed by atoms with Crippen molar-refractivity contribution < 1.29 is 13.6 Å². The van der Waals surface area contributed by atoms with Crippen LogP contribution in [0.1, 0.15) is 29.0 Å². The Bertz CT molecular complexity index is 525. The van der Waals surface area contributed by atoms with Gasteiger partial charge in [-0.2, -0.15) is 0 Å². The number of carbonyl (C=O) groups is 1. The molecule has 0 bridgehead atoms. The minimum atomic E-state index is 0.0586. The summed E-state index contributed by atoms with van der Waals surface area (Å²) in [5.74, 6) is 1.00. The third-order valence-corrected chi connectivity index (χ3v) is 3.70. The number of amides is 1. The van der Waals surface area contributed by atoms with Crippen LogP contribution < -0.4 is 5.32 Å². The van der Waals surface area contributed by atoms with E-state index in [2.05, 4.69) is 5.32 Å². The second-order valence-corrected chi connectivity index (χ2v) is 5.04. The van der Waals surface area contributed by atoms with Crippen LogP contribution in [0, 0.1) is 0 Å². The van der Waals surface area contributed by atoms with E-state index in [-0.39, 0.29) is 5.91 Å². The molecule has 0 radical (unpaired) electrons. The van der Waals surface area contributed by atoms with Gasteiger partial charge in [-0.15, -0.1) is 0 Å². The van der Waals surface area contributed by atoms with Gasteiger partial charge in [0.2, 0.25) is 0 Å². The molecule has 2 aromatic heterocycles. The zero-order valence-electron chi connectivity index (χ0n) is 11.2. The van der Waals surface area contributed by atoms with Crippen LogP contribution in [0.25, 0.3) is 0 Å². The Morgan fingerprint density at radius 1 is 1.30 bits per heavy atom. The van der Waals surface area contributed by atoms with Crippen LogP contribution >= 0.6 is 0 Å². The molecule has 0 aromatic carbocycles. The zero-order valence-corrected chi connectivity index (χ0v) is 11.2. The first kappa shape index (κ1) is 13.0. The Labute approximate surface area is 117 Å². The van der Waals surface area contributed by atoms with E-state index in [0.717, 1.165) is 38.2 Å². The van der Waals surface area contributed by atoms with Crippen LogP contribution in [0.2, 0.25) is 0 Å². The molecule has 0 unspecified atom stereocenters. The topological polar surface area (TPSA) is 58.6 Å². The summed E-state index contributed by atoms with van der Waals surface area (Å²) in [5.41, 5.74) is 0.631. The summed E-state index contributed by atoms with van der Waals surface area (Å²) >= 11 is 0. The van der Waals surface area contributed by atoms with Crippen LogP contribution in [0.4, 0.5) is 0 Å². The van der Waals surface area contributed by atoms with Crippen molar-refractivity contribution in [3.63, 3.8) is 0 Å². The predicted molar refractivity (Wildman–Crippen MR) is 73.2 cm³/mol. The molecule has 1 aliphatic heterocycles. The maximum absolute atomic E-state index is 12.1. The fourth-order valence-corrected chi connectivity index (χ4v) is 2.51. The smallest absolute Gasteiger partial charge is 0.257 e. The molecular weight excluding hydrogens is 256 g/mol. The minimum absolute atomic E-state index is 0.0586. The molecule has 0 atom stereocenters. The molecule has 106 valence electrons. The first-order valence-corrected chi connectivity index (χ1v) is 6.90. The lowest BCUT2D eigenvalue weighted by molar-refractivity contribution is 0.0703. The Kier molecular flexibility index (Phi) is 3.87. The number of carbonyl (C=O) groups excluding carboxylic acids is 1. The summed E-state index contributed by atoms with van der Waals surface area (Å²) in [6.45, 7) is 2.30. The molecule has 1 saturated heterocycles. The van der Waals surface area contributed by atoms with E-state index >= 15 is 0 Å². The van der Waals surface area contributed by atoms with Gasteiger partial charge in [0.05, 0.1) is 24.6 Å². The molecule has 20 heavy (non-hydrogen) atoms. The molecule has 0 saturated carbocycles. The van der Waals surface area contributed by atoms with Crippen molar-refractivity contribution in [2.45, 2.75) is 25.4 Å². The number of rotatable bonds is 4. The van der Waals surface area contributed by atoms with Crippen LogP contribution in [0.3, 0.4) is 0 Å². The third kappa shape index (κ3) is 2.93. The number of hydrogen-bond acceptors (Lipinski definition) is 4. The van der Waals surface area contributed by atoms with E-state index < -0.39 is 0 Å². The molecular formula is C15H18N2O3. The highest BCUT2D eigenvalue weighted by Crippen LogP contribution is 2.15. The van der Waals surface area contributed by atoms with Crippen molar-refractivity contribution in [2.75, 3.05) is 13.1 Å². The maximum atomic E-state index is 12.1. The molecule has 1 amide bonds. The first-order valence-electron chi connectivity index (χ1n) is 6.90. The molecule has 0 aliphatic carbocycles. The number of nitrogens with zero attached hydrogens (tertiary/aromatic N) is 1. The van der Waals surface area contributed by atoms with Gasteiger partial charge in [-0.3, -0.25) is 4.79 Å². The zero-order chi connectivity index (χ0) is 13.8. The SMILES string of the molecule is O=C(c1ccoc1)N1CCC(NCc2ccco2)CC1. The number of hydrogen-bond donors (Lipinski definition) is 1. The number of furan rings is 2. The first-order chi connectivity index (χ1) is 9.83. The average molecular weight is 274 g/mol. The Morgan fingerprint density at radius 2 is 2.15 bits per heavy atom. The van der Waals surface area contributed by atoms with E-state index in [1.807, 2.05) is 17.0 Å². The van der Waals surface area contributed by atoms with Gasteiger partial charge in [0, 0.05) is 19.1 Å². The second kappa shape index (κ2) is 5.96. The van der Waals surface area contributed by atoms with Gasteiger partial charge in [-0.25, -0.2) is 0 Å². The fraction of sp³-hybridized carbons (Fsp3) is 0.400. The third-order valence-electron chi connectivity index (χ3n) is 3.70. The Morgan fingerprint density at radius 3 is 2.80 bits per heavy atom. The quantitative estimate of drug-likeness (QED) is 0.929. The van der Waals surface area contributed by atoms with Crippen molar-refractivity contribution in [1.29, 1.82) is 0 Å². The Balaban J connectivity index is 1.46. The monoisotopic (exact) mass is 274 g/mol. The number of nitrogens with one attached hydrogen (secondary N) is 1. The summed E-state index contributed by atoms with van der Waals surface area (Å²) in [4.78, 5) is 14.0. The molecule has 1 fully saturated rings. The van der Waals surface area contributed by atoms with Crippen LogP contribution in [0.15, 0.2) is 45.8 Å².